The first-order valence-electron chi connectivity index (χ1n) is 5.35. The molecule has 1 aliphatic rings. The van der Waals surface area contributed by atoms with Crippen LogP contribution >= 0.6 is 0 Å². The van der Waals surface area contributed by atoms with E-state index >= 15 is 0 Å². The van der Waals surface area contributed by atoms with Gasteiger partial charge in [-0.25, -0.2) is 0 Å². The van der Waals surface area contributed by atoms with Gasteiger partial charge >= 0.3 is 0 Å². The minimum absolute atomic E-state index is 0.0747. The summed E-state index contributed by atoms with van der Waals surface area (Å²) in [7, 11) is 0. The zero-order chi connectivity index (χ0) is 10.8. The normalized spacial score (nSPS) is 22.4. The number of benzene rings is 1. The van der Waals surface area contributed by atoms with Gasteiger partial charge in [0.25, 0.3) is 0 Å². The highest BCUT2D eigenvalue weighted by atomic mass is 16.2. The maximum Gasteiger partial charge on any atom is 0.241 e. The average molecular weight is 204 g/mol. The molecule has 1 aromatic carbocycles. The highest BCUT2D eigenvalue weighted by Gasteiger charge is 2.37. The lowest BCUT2D eigenvalue weighted by Crippen LogP contribution is -2.61. The van der Waals surface area contributed by atoms with E-state index in [9.17, 15) is 4.79 Å². The summed E-state index contributed by atoms with van der Waals surface area (Å²) in [6.07, 6.45) is 0.933. The number of carbonyl (C=O) groups is 1. The molecule has 1 saturated heterocycles. The summed E-state index contributed by atoms with van der Waals surface area (Å²) in [5, 5.41) is 0. The molecule has 2 rings (SSSR count). The molecule has 1 heterocycles. The van der Waals surface area contributed by atoms with Crippen LogP contribution in [0.25, 0.3) is 0 Å². The first-order chi connectivity index (χ1) is 7.24. The zero-order valence-electron chi connectivity index (χ0n) is 8.89. The van der Waals surface area contributed by atoms with Crippen molar-refractivity contribution in [2.75, 3.05) is 6.54 Å². The van der Waals surface area contributed by atoms with Crippen molar-refractivity contribution in [1.82, 2.24) is 4.90 Å². The fourth-order valence-corrected chi connectivity index (χ4v) is 2.07. The van der Waals surface area contributed by atoms with E-state index in [1.54, 1.807) is 0 Å². The Hall–Kier alpha value is -1.35. The van der Waals surface area contributed by atoms with E-state index in [4.69, 9.17) is 5.73 Å². The van der Waals surface area contributed by atoms with Gasteiger partial charge in [-0.1, -0.05) is 37.3 Å². The molecule has 1 aliphatic heterocycles. The molecule has 0 aliphatic carbocycles. The standard InChI is InChI=1S/C12H16N2O/c1-2-11(9-6-4-3-5-7-9)14-8-10(13)12(14)15/h3-7,10-11H,2,8,13H2,1H3. The highest BCUT2D eigenvalue weighted by Crippen LogP contribution is 2.28. The molecule has 0 aromatic heterocycles. The van der Waals surface area contributed by atoms with Gasteiger partial charge < -0.3 is 10.6 Å². The van der Waals surface area contributed by atoms with Crippen LogP contribution in [0, 0.1) is 0 Å². The SMILES string of the molecule is CCC(c1ccccc1)N1CC(N)C1=O. The van der Waals surface area contributed by atoms with Crippen LogP contribution < -0.4 is 5.73 Å². The number of likely N-dealkylation sites (tertiary alicyclic amines) is 1. The Morgan fingerprint density at radius 3 is 2.60 bits per heavy atom. The monoisotopic (exact) mass is 204 g/mol. The molecule has 3 heteroatoms. The molecular weight excluding hydrogens is 188 g/mol. The Morgan fingerprint density at radius 1 is 1.47 bits per heavy atom. The number of nitrogens with zero attached hydrogens (tertiary/aromatic N) is 1. The summed E-state index contributed by atoms with van der Waals surface area (Å²) in [4.78, 5) is 13.4. The molecule has 2 atom stereocenters. The van der Waals surface area contributed by atoms with Crippen LogP contribution in [-0.4, -0.2) is 23.4 Å². The molecule has 2 unspecified atom stereocenters. The van der Waals surface area contributed by atoms with Gasteiger partial charge in [0.2, 0.25) is 5.91 Å². The molecule has 3 nitrogen and oxygen atoms in total. The second-order valence-corrected chi connectivity index (χ2v) is 3.93. The summed E-state index contributed by atoms with van der Waals surface area (Å²) in [6, 6.07) is 10.0. The topological polar surface area (TPSA) is 46.3 Å². The van der Waals surface area contributed by atoms with Gasteiger partial charge in [-0.15, -0.1) is 0 Å². The number of nitrogens with two attached hydrogens (primary N) is 1. The van der Waals surface area contributed by atoms with Crippen LogP contribution in [0.15, 0.2) is 30.3 Å². The van der Waals surface area contributed by atoms with Crippen molar-refractivity contribution < 1.29 is 4.79 Å². The second-order valence-electron chi connectivity index (χ2n) is 3.93. The Labute approximate surface area is 89.9 Å². The molecule has 0 spiro atoms. The van der Waals surface area contributed by atoms with E-state index in [0.29, 0.717) is 6.54 Å². The molecule has 1 aromatic rings. The molecular formula is C12H16N2O. The van der Waals surface area contributed by atoms with Crippen molar-refractivity contribution >= 4 is 5.91 Å². The third kappa shape index (κ3) is 1.75. The second kappa shape index (κ2) is 4.03. The number of amides is 1. The lowest BCUT2D eigenvalue weighted by atomic mass is 9.97. The van der Waals surface area contributed by atoms with Gasteiger partial charge in [-0.3, -0.25) is 4.79 Å². The average Bonchev–Trinajstić information content (AvgIpc) is 2.30. The molecule has 0 radical (unpaired) electrons. The lowest BCUT2D eigenvalue weighted by Gasteiger charge is -2.42. The van der Waals surface area contributed by atoms with Crippen LogP contribution in [0.1, 0.15) is 24.9 Å². The largest absolute Gasteiger partial charge is 0.332 e. The minimum atomic E-state index is -0.275. The Kier molecular flexibility index (Phi) is 2.73. The van der Waals surface area contributed by atoms with Crippen LogP contribution in [0.3, 0.4) is 0 Å². The summed E-state index contributed by atoms with van der Waals surface area (Å²) < 4.78 is 0. The van der Waals surface area contributed by atoms with Crippen molar-refractivity contribution in [3.05, 3.63) is 35.9 Å². The fourth-order valence-electron chi connectivity index (χ4n) is 2.07. The fraction of sp³-hybridized carbons (Fsp3) is 0.417. The smallest absolute Gasteiger partial charge is 0.241 e. The number of β-lactam (4-membered cyclic amide) rings is 1. The molecule has 0 saturated carbocycles. The van der Waals surface area contributed by atoms with Gasteiger partial charge in [-0.05, 0) is 12.0 Å². The van der Waals surface area contributed by atoms with E-state index in [1.807, 2.05) is 23.1 Å². The molecule has 2 N–H and O–H groups in total. The third-order valence-electron chi connectivity index (χ3n) is 2.94. The zero-order valence-corrected chi connectivity index (χ0v) is 8.89. The number of hydrogen-bond acceptors (Lipinski definition) is 2. The third-order valence-corrected chi connectivity index (χ3v) is 2.94. The van der Waals surface area contributed by atoms with E-state index in [-0.39, 0.29) is 18.0 Å². The number of carbonyl (C=O) groups excluding carboxylic acids is 1. The Balaban J connectivity index is 2.16. The van der Waals surface area contributed by atoms with Crippen LogP contribution in [0.5, 0.6) is 0 Å². The molecule has 80 valence electrons. The van der Waals surface area contributed by atoms with Crippen molar-refractivity contribution in [3.8, 4) is 0 Å². The van der Waals surface area contributed by atoms with Gasteiger partial charge in [0.05, 0.1) is 6.04 Å². The lowest BCUT2D eigenvalue weighted by molar-refractivity contribution is -0.146. The first kappa shape index (κ1) is 10.2. The van der Waals surface area contributed by atoms with Crippen molar-refractivity contribution in [3.63, 3.8) is 0 Å². The van der Waals surface area contributed by atoms with Gasteiger partial charge in [0, 0.05) is 6.54 Å². The summed E-state index contributed by atoms with van der Waals surface area (Å²) in [6.45, 7) is 2.78. The maximum atomic E-state index is 11.5. The van der Waals surface area contributed by atoms with Gasteiger partial charge in [-0.2, -0.15) is 0 Å². The predicted molar refractivity (Wildman–Crippen MR) is 59.2 cm³/mol. The van der Waals surface area contributed by atoms with E-state index < -0.39 is 0 Å². The highest BCUT2D eigenvalue weighted by molar-refractivity contribution is 5.88. The molecule has 0 bridgehead atoms. The van der Waals surface area contributed by atoms with Crippen LogP contribution in [-0.2, 0) is 4.79 Å². The quantitative estimate of drug-likeness (QED) is 0.754. The van der Waals surface area contributed by atoms with E-state index in [1.165, 1.54) is 5.56 Å². The van der Waals surface area contributed by atoms with Crippen LogP contribution in [0.4, 0.5) is 0 Å². The van der Waals surface area contributed by atoms with E-state index in [0.717, 1.165) is 6.42 Å². The van der Waals surface area contributed by atoms with Gasteiger partial charge in [0.15, 0.2) is 0 Å². The molecule has 1 amide bonds. The van der Waals surface area contributed by atoms with Crippen molar-refractivity contribution in [2.45, 2.75) is 25.4 Å². The summed E-state index contributed by atoms with van der Waals surface area (Å²) in [5.41, 5.74) is 6.79. The van der Waals surface area contributed by atoms with E-state index in [2.05, 4.69) is 19.1 Å². The number of hydrogen-bond donors (Lipinski definition) is 1. The molecule has 1 fully saturated rings. The summed E-state index contributed by atoms with van der Waals surface area (Å²) >= 11 is 0. The predicted octanol–water partition coefficient (Wildman–Crippen LogP) is 1.31. The Bertz CT molecular complexity index is 350. The summed E-state index contributed by atoms with van der Waals surface area (Å²) in [5.74, 6) is 0.0747. The van der Waals surface area contributed by atoms with Crippen molar-refractivity contribution in [1.29, 1.82) is 0 Å². The first-order valence-corrected chi connectivity index (χ1v) is 5.35. The molecule has 15 heavy (non-hydrogen) atoms. The van der Waals surface area contributed by atoms with Gasteiger partial charge in [0.1, 0.15) is 6.04 Å². The van der Waals surface area contributed by atoms with Crippen molar-refractivity contribution in [2.24, 2.45) is 5.73 Å². The maximum absolute atomic E-state index is 11.5. The number of rotatable bonds is 3. The van der Waals surface area contributed by atoms with Crippen LogP contribution in [0.2, 0.25) is 0 Å². The minimum Gasteiger partial charge on any atom is -0.332 e. The Morgan fingerprint density at radius 2 is 2.13 bits per heavy atom.